The van der Waals surface area contributed by atoms with E-state index in [1.165, 1.54) is 22.4 Å². The first-order chi connectivity index (χ1) is 17.4. The second-order valence-electron chi connectivity index (χ2n) is 9.02. The number of piperidine rings is 1. The Labute approximate surface area is 207 Å². The van der Waals surface area contributed by atoms with Crippen LogP contribution in [0.4, 0.5) is 18.0 Å². The molecule has 0 bridgehead atoms. The normalized spacial score (nSPS) is 16.2. The fourth-order valence-corrected chi connectivity index (χ4v) is 4.66. The second kappa shape index (κ2) is 9.97. The molecule has 0 radical (unpaired) electrons. The molecule has 8 heteroatoms. The van der Waals surface area contributed by atoms with Gasteiger partial charge in [-0.2, -0.15) is 17.9 Å². The molecule has 0 aliphatic carbocycles. The van der Waals surface area contributed by atoms with Crippen LogP contribution in [0.2, 0.25) is 0 Å². The van der Waals surface area contributed by atoms with Gasteiger partial charge in [0.05, 0.1) is 11.8 Å². The van der Waals surface area contributed by atoms with E-state index in [0.717, 1.165) is 48.9 Å². The number of nitrogens with zero attached hydrogens (tertiary/aromatic N) is 4. The first kappa shape index (κ1) is 23.8. The Balaban J connectivity index is 1.30. The molecule has 1 aliphatic rings. The summed E-state index contributed by atoms with van der Waals surface area (Å²) in [6.07, 6.45) is 1.08. The maximum Gasteiger partial charge on any atom is 0.416 e. The Kier molecular flexibility index (Phi) is 6.59. The van der Waals surface area contributed by atoms with E-state index in [0.29, 0.717) is 17.8 Å². The van der Waals surface area contributed by atoms with E-state index in [1.807, 2.05) is 47.4 Å². The Morgan fingerprint density at radius 2 is 1.50 bits per heavy atom. The average Bonchev–Trinajstić information content (AvgIpc) is 3.39. The van der Waals surface area contributed by atoms with E-state index in [4.69, 9.17) is 0 Å². The fourth-order valence-electron chi connectivity index (χ4n) is 4.66. The van der Waals surface area contributed by atoms with Gasteiger partial charge < -0.3 is 4.90 Å². The largest absolute Gasteiger partial charge is 0.416 e. The van der Waals surface area contributed by atoms with Gasteiger partial charge in [0.25, 0.3) is 0 Å². The van der Waals surface area contributed by atoms with E-state index in [1.54, 1.807) is 6.20 Å². The Hall–Kier alpha value is -3.94. The molecule has 1 atom stereocenters. The maximum atomic E-state index is 13.3. The molecule has 2 heterocycles. The number of alkyl halides is 3. The summed E-state index contributed by atoms with van der Waals surface area (Å²) in [5.74, 6) is 0. The highest BCUT2D eigenvalue weighted by Gasteiger charge is 2.30. The van der Waals surface area contributed by atoms with E-state index < -0.39 is 11.7 Å². The van der Waals surface area contributed by atoms with Crippen molar-refractivity contribution in [3.05, 3.63) is 96.2 Å². The smallest absolute Gasteiger partial charge is 0.320 e. The van der Waals surface area contributed by atoms with Crippen molar-refractivity contribution in [1.82, 2.24) is 19.9 Å². The van der Waals surface area contributed by atoms with Gasteiger partial charge in [0.1, 0.15) is 5.69 Å². The van der Waals surface area contributed by atoms with Crippen molar-refractivity contribution in [2.45, 2.75) is 37.9 Å². The van der Waals surface area contributed by atoms with Crippen molar-refractivity contribution in [3.63, 3.8) is 0 Å². The third-order valence-electron chi connectivity index (χ3n) is 6.60. The lowest BCUT2D eigenvalue weighted by Gasteiger charge is -2.35. The van der Waals surface area contributed by atoms with Crippen LogP contribution in [0.15, 0.2) is 85.1 Å². The summed E-state index contributed by atoms with van der Waals surface area (Å²) in [6.45, 7) is 0.688. The third-order valence-corrected chi connectivity index (χ3v) is 6.60. The van der Waals surface area contributed by atoms with Crippen LogP contribution >= 0.6 is 0 Å². The number of carbonyl (C=O) groups excluding carboxylic acids is 1. The number of hydrogen-bond acceptors (Lipinski definition) is 3. The number of likely N-dealkylation sites (tertiary alicyclic amines) is 1. The van der Waals surface area contributed by atoms with Crippen molar-refractivity contribution in [2.75, 3.05) is 6.54 Å². The fraction of sp³-hybridized carbons (Fsp3) is 0.250. The van der Waals surface area contributed by atoms with Crippen LogP contribution in [0, 0.1) is 0 Å². The summed E-state index contributed by atoms with van der Waals surface area (Å²) in [5, 5.41) is 8.28. The predicted octanol–water partition coefficient (Wildman–Crippen LogP) is 6.70. The minimum atomic E-state index is -4.36. The minimum Gasteiger partial charge on any atom is -0.320 e. The molecule has 1 aliphatic heterocycles. The lowest BCUT2D eigenvalue weighted by molar-refractivity contribution is -0.137. The van der Waals surface area contributed by atoms with Crippen LogP contribution in [0.5, 0.6) is 0 Å². The number of carbonyl (C=O) groups is 1. The molecule has 184 valence electrons. The highest BCUT2D eigenvalue weighted by Crippen LogP contribution is 2.31. The Bertz CT molecular complexity index is 1320. The van der Waals surface area contributed by atoms with Crippen molar-refractivity contribution in [3.8, 4) is 22.4 Å². The molecule has 5 rings (SSSR count). The molecule has 0 saturated carbocycles. The first-order valence-corrected chi connectivity index (χ1v) is 11.9. The van der Waals surface area contributed by atoms with E-state index in [-0.39, 0.29) is 12.1 Å². The highest BCUT2D eigenvalue weighted by atomic mass is 19.4. The number of hydrogen-bond donors (Lipinski definition) is 0. The van der Waals surface area contributed by atoms with Gasteiger partial charge in [0.15, 0.2) is 0 Å². The second-order valence-corrected chi connectivity index (χ2v) is 9.02. The monoisotopic (exact) mass is 490 g/mol. The lowest BCUT2D eigenvalue weighted by atomic mass is 9.96. The van der Waals surface area contributed by atoms with E-state index in [9.17, 15) is 18.0 Å². The van der Waals surface area contributed by atoms with Crippen molar-refractivity contribution in [2.24, 2.45) is 0 Å². The van der Waals surface area contributed by atoms with Gasteiger partial charge in [-0.1, -0.05) is 71.9 Å². The van der Waals surface area contributed by atoms with Gasteiger partial charge in [-0.25, -0.2) is 4.79 Å². The lowest BCUT2D eigenvalue weighted by Crippen LogP contribution is -2.46. The van der Waals surface area contributed by atoms with Gasteiger partial charge in [-0.3, -0.25) is 0 Å². The summed E-state index contributed by atoms with van der Waals surface area (Å²) in [7, 11) is 0. The number of benzene rings is 3. The summed E-state index contributed by atoms with van der Waals surface area (Å²) in [5.41, 5.74) is 3.32. The molecule has 1 fully saturated rings. The third kappa shape index (κ3) is 5.17. The summed E-state index contributed by atoms with van der Waals surface area (Å²) in [6, 6.07) is 22.5. The van der Waals surface area contributed by atoms with Crippen molar-refractivity contribution in [1.29, 1.82) is 0 Å². The predicted molar refractivity (Wildman–Crippen MR) is 131 cm³/mol. The topological polar surface area (TPSA) is 51.0 Å². The average molecular weight is 491 g/mol. The zero-order valence-corrected chi connectivity index (χ0v) is 19.5. The van der Waals surface area contributed by atoms with Crippen LogP contribution in [-0.4, -0.2) is 38.5 Å². The molecule has 0 N–H and O–H groups in total. The Morgan fingerprint density at radius 3 is 2.17 bits per heavy atom. The van der Waals surface area contributed by atoms with Gasteiger partial charge in [-0.05, 0) is 54.5 Å². The molecule has 0 spiro atoms. The van der Waals surface area contributed by atoms with Crippen LogP contribution in [0.25, 0.3) is 22.4 Å². The van der Waals surface area contributed by atoms with Gasteiger partial charge >= 0.3 is 12.2 Å². The van der Waals surface area contributed by atoms with Crippen molar-refractivity contribution < 1.29 is 18.0 Å². The highest BCUT2D eigenvalue weighted by molar-refractivity contribution is 5.77. The number of halogens is 3. The molecule has 1 aromatic heterocycles. The summed E-state index contributed by atoms with van der Waals surface area (Å²) < 4.78 is 39.7. The molecule has 4 aromatic rings. The number of aromatic nitrogens is 3. The zero-order valence-electron chi connectivity index (χ0n) is 19.5. The van der Waals surface area contributed by atoms with Crippen LogP contribution in [0.1, 0.15) is 30.4 Å². The Morgan fingerprint density at radius 1 is 0.861 bits per heavy atom. The van der Waals surface area contributed by atoms with Gasteiger partial charge in [-0.15, -0.1) is 5.10 Å². The van der Waals surface area contributed by atoms with E-state index >= 15 is 0 Å². The molecular formula is C28H25F3N4O. The zero-order chi connectivity index (χ0) is 25.1. The van der Waals surface area contributed by atoms with Gasteiger partial charge in [0, 0.05) is 18.2 Å². The number of amides is 1. The first-order valence-electron chi connectivity index (χ1n) is 11.9. The molecule has 1 unspecified atom stereocenters. The van der Waals surface area contributed by atoms with Crippen LogP contribution in [-0.2, 0) is 12.6 Å². The molecule has 5 nitrogen and oxygen atoms in total. The minimum absolute atomic E-state index is 0.115. The van der Waals surface area contributed by atoms with Gasteiger partial charge in [0.2, 0.25) is 0 Å². The number of rotatable bonds is 4. The van der Waals surface area contributed by atoms with E-state index in [2.05, 4.69) is 22.4 Å². The molecule has 3 aromatic carbocycles. The maximum absolute atomic E-state index is 13.3. The summed E-state index contributed by atoms with van der Waals surface area (Å²) >= 11 is 0. The SMILES string of the molecule is O=C(N1CCCCC1Cc1ccccc1)n1cc(-c2ccc(-c3ccc(C(F)(F)F)cc3)cc2)nn1. The summed E-state index contributed by atoms with van der Waals surface area (Å²) in [4.78, 5) is 15.2. The standard InChI is InChI=1S/C28H25F3N4O/c29-28(30,31)24-15-13-22(14-16-24)21-9-11-23(12-10-21)26-19-35(33-32-26)27(36)34-17-5-4-8-25(34)18-20-6-2-1-3-7-20/h1-3,6-7,9-16,19,25H,4-5,8,17-18H2. The molecular weight excluding hydrogens is 465 g/mol. The molecule has 1 amide bonds. The molecule has 36 heavy (non-hydrogen) atoms. The van der Waals surface area contributed by atoms with Crippen LogP contribution in [0.3, 0.4) is 0 Å². The quantitative estimate of drug-likeness (QED) is 0.320. The molecule has 1 saturated heterocycles. The van der Waals surface area contributed by atoms with Crippen LogP contribution < -0.4 is 0 Å². The van der Waals surface area contributed by atoms with Crippen molar-refractivity contribution >= 4 is 6.03 Å².